The molecule has 1 fully saturated rings. The van der Waals surface area contributed by atoms with Gasteiger partial charge in [0.2, 0.25) is 5.91 Å². The van der Waals surface area contributed by atoms with Crippen molar-refractivity contribution in [3.05, 3.63) is 0 Å². The van der Waals surface area contributed by atoms with E-state index in [2.05, 4.69) is 26.1 Å². The zero-order valence-electron chi connectivity index (χ0n) is 11.3. The third-order valence-electron chi connectivity index (χ3n) is 4.01. The van der Waals surface area contributed by atoms with Crippen LogP contribution in [-0.2, 0) is 4.79 Å². The first kappa shape index (κ1) is 14.4. The summed E-state index contributed by atoms with van der Waals surface area (Å²) in [4.78, 5) is 12.7. The van der Waals surface area contributed by atoms with Gasteiger partial charge in [0.1, 0.15) is 0 Å². The zero-order valence-corrected chi connectivity index (χ0v) is 12.1. The third-order valence-corrected chi connectivity index (χ3v) is 4.40. The lowest BCUT2D eigenvalue weighted by atomic mass is 9.82. The van der Waals surface area contributed by atoms with E-state index in [9.17, 15) is 4.79 Å². The maximum atomic E-state index is 12.4. The number of amides is 1. The Hall–Kier alpha value is -0.640. The largest absolute Gasteiger partial charge is 0.392 e. The van der Waals surface area contributed by atoms with Crippen molar-refractivity contribution < 1.29 is 4.79 Å². The molecule has 0 heterocycles. The van der Waals surface area contributed by atoms with Crippen molar-refractivity contribution in [2.45, 2.75) is 59.4 Å². The average Bonchev–Trinajstić information content (AvgIpc) is 2.65. The van der Waals surface area contributed by atoms with Gasteiger partial charge in [0, 0.05) is 6.04 Å². The van der Waals surface area contributed by atoms with Crippen molar-refractivity contribution in [1.29, 1.82) is 0 Å². The molecule has 3 nitrogen and oxygen atoms in total. The molecule has 0 bridgehead atoms. The second-order valence-corrected chi connectivity index (χ2v) is 6.65. The van der Waals surface area contributed by atoms with E-state index in [-0.39, 0.29) is 17.4 Å². The van der Waals surface area contributed by atoms with Crippen LogP contribution >= 0.6 is 12.2 Å². The molecule has 0 aromatic rings. The van der Waals surface area contributed by atoms with Crippen LogP contribution in [0, 0.1) is 10.8 Å². The Kier molecular flexibility index (Phi) is 4.18. The molecule has 0 saturated heterocycles. The van der Waals surface area contributed by atoms with E-state index in [0.717, 1.165) is 25.7 Å². The summed E-state index contributed by atoms with van der Waals surface area (Å²) in [5.74, 6) is 0.0184. The molecule has 1 aliphatic carbocycles. The van der Waals surface area contributed by atoms with Crippen LogP contribution in [0.2, 0.25) is 0 Å². The summed E-state index contributed by atoms with van der Waals surface area (Å²) in [6.07, 6.45) is 3.67. The molecule has 0 aromatic carbocycles. The van der Waals surface area contributed by atoms with Gasteiger partial charge in [-0.2, -0.15) is 0 Å². The van der Waals surface area contributed by atoms with E-state index in [1.807, 2.05) is 6.92 Å². The predicted octanol–water partition coefficient (Wildman–Crippen LogP) is 2.38. The van der Waals surface area contributed by atoms with Crippen LogP contribution in [-0.4, -0.2) is 16.9 Å². The lowest BCUT2D eigenvalue weighted by molar-refractivity contribution is -0.128. The molecular formula is C13H24N2OS. The molecule has 4 heteroatoms. The van der Waals surface area contributed by atoms with E-state index in [1.54, 1.807) is 0 Å². The minimum Gasteiger partial charge on any atom is -0.392 e. The second-order valence-electron chi connectivity index (χ2n) is 6.21. The van der Waals surface area contributed by atoms with Crippen molar-refractivity contribution in [2.75, 3.05) is 0 Å². The number of hydrogen-bond donors (Lipinski definition) is 2. The number of nitrogens with one attached hydrogen (secondary N) is 1. The van der Waals surface area contributed by atoms with Crippen LogP contribution in [0.5, 0.6) is 0 Å². The molecule has 1 saturated carbocycles. The van der Waals surface area contributed by atoms with Gasteiger partial charge in [-0.25, -0.2) is 0 Å². The minimum absolute atomic E-state index is 0.0184. The topological polar surface area (TPSA) is 55.1 Å². The maximum Gasteiger partial charge on any atom is 0.233 e. The first-order chi connectivity index (χ1) is 7.70. The second kappa shape index (κ2) is 4.92. The van der Waals surface area contributed by atoms with E-state index in [4.69, 9.17) is 18.0 Å². The van der Waals surface area contributed by atoms with Crippen molar-refractivity contribution >= 4 is 23.1 Å². The molecule has 0 aromatic heterocycles. The summed E-state index contributed by atoms with van der Waals surface area (Å²) in [6.45, 7) is 8.36. The van der Waals surface area contributed by atoms with Gasteiger partial charge in [0.05, 0.1) is 10.4 Å². The fraction of sp³-hybridized carbons (Fsp3) is 0.846. The van der Waals surface area contributed by atoms with Crippen molar-refractivity contribution in [2.24, 2.45) is 16.6 Å². The minimum atomic E-state index is -0.588. The van der Waals surface area contributed by atoms with Crippen molar-refractivity contribution in [3.8, 4) is 0 Å². The molecule has 1 rings (SSSR count). The monoisotopic (exact) mass is 256 g/mol. The molecule has 1 amide bonds. The van der Waals surface area contributed by atoms with Gasteiger partial charge in [-0.15, -0.1) is 0 Å². The zero-order chi connectivity index (χ0) is 13.3. The van der Waals surface area contributed by atoms with Crippen LogP contribution in [0.25, 0.3) is 0 Å². The van der Waals surface area contributed by atoms with E-state index in [0.29, 0.717) is 4.99 Å². The van der Waals surface area contributed by atoms with E-state index < -0.39 is 5.41 Å². The normalized spacial score (nSPS) is 20.9. The number of carbonyl (C=O) groups is 1. The highest BCUT2D eigenvalue weighted by atomic mass is 32.1. The molecule has 17 heavy (non-hydrogen) atoms. The highest BCUT2D eigenvalue weighted by Crippen LogP contribution is 2.39. The number of thiocarbonyl (C=S) groups is 1. The standard InChI is InChI=1S/C13H24N2OS/c1-9(12(2,3)4)15-11(16)13(10(14)17)7-5-6-8-13/h9H,5-8H2,1-4H3,(H2,14,17)(H,15,16). The van der Waals surface area contributed by atoms with Gasteiger partial charge in [-0.05, 0) is 25.2 Å². The summed E-state index contributed by atoms with van der Waals surface area (Å²) in [5.41, 5.74) is 5.25. The maximum absolute atomic E-state index is 12.4. The van der Waals surface area contributed by atoms with Gasteiger partial charge >= 0.3 is 0 Å². The Labute approximate surface area is 110 Å². The lowest BCUT2D eigenvalue weighted by Gasteiger charge is -2.33. The van der Waals surface area contributed by atoms with Gasteiger partial charge in [-0.1, -0.05) is 45.8 Å². The molecule has 0 radical (unpaired) electrons. The fourth-order valence-corrected chi connectivity index (χ4v) is 2.41. The van der Waals surface area contributed by atoms with Gasteiger partial charge in [-0.3, -0.25) is 4.79 Å². The third kappa shape index (κ3) is 2.97. The Balaban J connectivity index is 2.78. The molecule has 0 aliphatic heterocycles. The highest BCUT2D eigenvalue weighted by Gasteiger charge is 2.44. The Bertz CT molecular complexity index is 314. The highest BCUT2D eigenvalue weighted by molar-refractivity contribution is 7.80. The molecule has 1 unspecified atom stereocenters. The number of nitrogens with two attached hydrogens (primary N) is 1. The Morgan fingerprint density at radius 2 is 1.82 bits per heavy atom. The van der Waals surface area contributed by atoms with Gasteiger partial charge < -0.3 is 11.1 Å². The van der Waals surface area contributed by atoms with E-state index in [1.165, 1.54) is 0 Å². The van der Waals surface area contributed by atoms with Gasteiger partial charge in [0.15, 0.2) is 0 Å². The number of carbonyl (C=O) groups excluding carboxylic acids is 1. The Morgan fingerprint density at radius 1 is 1.35 bits per heavy atom. The first-order valence-corrected chi connectivity index (χ1v) is 6.72. The average molecular weight is 256 g/mol. The van der Waals surface area contributed by atoms with Crippen LogP contribution in [0.3, 0.4) is 0 Å². The number of rotatable bonds is 3. The molecular weight excluding hydrogens is 232 g/mol. The first-order valence-electron chi connectivity index (χ1n) is 6.31. The molecule has 0 spiro atoms. The molecule has 3 N–H and O–H groups in total. The summed E-state index contributed by atoms with van der Waals surface area (Å²) in [7, 11) is 0. The van der Waals surface area contributed by atoms with Crippen molar-refractivity contribution in [3.63, 3.8) is 0 Å². The molecule has 98 valence electrons. The van der Waals surface area contributed by atoms with Crippen LogP contribution < -0.4 is 11.1 Å². The Morgan fingerprint density at radius 3 is 2.18 bits per heavy atom. The molecule has 1 aliphatic rings. The number of hydrogen-bond acceptors (Lipinski definition) is 2. The van der Waals surface area contributed by atoms with Crippen molar-refractivity contribution in [1.82, 2.24) is 5.32 Å². The van der Waals surface area contributed by atoms with Crippen LogP contribution in [0.1, 0.15) is 53.4 Å². The van der Waals surface area contributed by atoms with Gasteiger partial charge in [0.25, 0.3) is 0 Å². The van der Waals surface area contributed by atoms with E-state index >= 15 is 0 Å². The van der Waals surface area contributed by atoms with Crippen LogP contribution in [0.4, 0.5) is 0 Å². The summed E-state index contributed by atoms with van der Waals surface area (Å²) in [6, 6.07) is 0.113. The fourth-order valence-electron chi connectivity index (χ4n) is 2.12. The smallest absolute Gasteiger partial charge is 0.233 e. The van der Waals surface area contributed by atoms with Crippen LogP contribution in [0.15, 0.2) is 0 Å². The predicted molar refractivity (Wildman–Crippen MR) is 74.7 cm³/mol. The summed E-state index contributed by atoms with van der Waals surface area (Å²) < 4.78 is 0. The quantitative estimate of drug-likeness (QED) is 0.762. The summed E-state index contributed by atoms with van der Waals surface area (Å²) >= 11 is 5.11. The summed E-state index contributed by atoms with van der Waals surface area (Å²) in [5, 5.41) is 3.08. The lowest BCUT2D eigenvalue weighted by Crippen LogP contribution is -2.52. The molecule has 1 atom stereocenters. The SMILES string of the molecule is CC(NC(=O)C1(C(N)=S)CCCC1)C(C)(C)C.